The number of benzene rings is 1. The van der Waals surface area contributed by atoms with Crippen molar-refractivity contribution in [1.82, 2.24) is 19.4 Å². The van der Waals surface area contributed by atoms with Gasteiger partial charge in [-0.25, -0.2) is 4.98 Å². The van der Waals surface area contributed by atoms with E-state index >= 15 is 0 Å². The molecule has 0 aliphatic rings. The van der Waals surface area contributed by atoms with Crippen molar-refractivity contribution in [3.8, 4) is 11.3 Å². The zero-order valence-electron chi connectivity index (χ0n) is 15.3. The second kappa shape index (κ2) is 7.15. The van der Waals surface area contributed by atoms with Crippen molar-refractivity contribution in [2.45, 2.75) is 20.3 Å². The Labute approximate surface area is 148 Å². The van der Waals surface area contributed by atoms with Crippen molar-refractivity contribution in [1.29, 1.82) is 0 Å². The van der Waals surface area contributed by atoms with Gasteiger partial charge >= 0.3 is 0 Å². The Hall–Kier alpha value is -2.53. The number of rotatable bonds is 6. The first-order chi connectivity index (χ1) is 12.0. The summed E-state index contributed by atoms with van der Waals surface area (Å²) < 4.78 is 2.08. The van der Waals surface area contributed by atoms with E-state index in [-0.39, 0.29) is 5.78 Å². The highest BCUT2D eigenvalue weighted by atomic mass is 16.1. The van der Waals surface area contributed by atoms with Gasteiger partial charge < -0.3 is 4.57 Å². The largest absolute Gasteiger partial charge is 0.331 e. The van der Waals surface area contributed by atoms with Gasteiger partial charge in [0.05, 0.1) is 24.9 Å². The molecule has 1 aromatic carbocycles. The van der Waals surface area contributed by atoms with E-state index in [9.17, 15) is 4.79 Å². The number of Topliss-reactive ketones (excluding diaryl/α,β-unsaturated/α-hetero) is 1. The summed E-state index contributed by atoms with van der Waals surface area (Å²) in [7, 11) is 3.97. The predicted octanol–water partition coefficient (Wildman–Crippen LogP) is 3.01. The van der Waals surface area contributed by atoms with Gasteiger partial charge in [-0.3, -0.25) is 14.7 Å². The van der Waals surface area contributed by atoms with Gasteiger partial charge in [-0.15, -0.1) is 0 Å². The molecule has 0 spiro atoms. The highest BCUT2D eigenvalue weighted by Gasteiger charge is 2.10. The van der Waals surface area contributed by atoms with Crippen molar-refractivity contribution >= 4 is 16.6 Å². The van der Waals surface area contributed by atoms with Crippen LogP contribution < -0.4 is 0 Å². The van der Waals surface area contributed by atoms with Crippen LogP contribution in [0.25, 0.3) is 22.0 Å². The summed E-state index contributed by atoms with van der Waals surface area (Å²) in [5, 5.41) is 2.17. The lowest BCUT2D eigenvalue weighted by atomic mass is 10.0. The van der Waals surface area contributed by atoms with Gasteiger partial charge in [0.1, 0.15) is 5.82 Å². The molecule has 0 atom stereocenters. The number of hydrogen-bond donors (Lipinski definition) is 0. The number of imidazole rings is 1. The molecule has 2 aromatic heterocycles. The van der Waals surface area contributed by atoms with Crippen LogP contribution >= 0.6 is 0 Å². The Kier molecular flexibility index (Phi) is 4.95. The van der Waals surface area contributed by atoms with Crippen molar-refractivity contribution in [2.75, 3.05) is 20.1 Å². The minimum absolute atomic E-state index is 0.189. The summed E-state index contributed by atoms with van der Waals surface area (Å²) in [5.74, 6) is 1.17. The summed E-state index contributed by atoms with van der Waals surface area (Å²) in [4.78, 5) is 23.0. The number of nitrogens with zero attached hydrogens (tertiary/aromatic N) is 4. The molecule has 0 saturated carbocycles. The number of aryl methyl sites for hydroxylation is 1. The van der Waals surface area contributed by atoms with Crippen molar-refractivity contribution < 1.29 is 4.79 Å². The van der Waals surface area contributed by atoms with E-state index in [1.807, 2.05) is 51.3 Å². The molecule has 130 valence electrons. The molecule has 0 aliphatic heterocycles. The molecule has 3 rings (SSSR count). The average molecular weight is 336 g/mol. The summed E-state index contributed by atoms with van der Waals surface area (Å²) >= 11 is 0. The Morgan fingerprint density at radius 1 is 1.16 bits per heavy atom. The fraction of sp³-hybridized carbons (Fsp3) is 0.350. The third-order valence-corrected chi connectivity index (χ3v) is 4.66. The number of aromatic nitrogens is 3. The molecule has 0 fully saturated rings. The number of hydrogen-bond acceptors (Lipinski definition) is 4. The van der Waals surface area contributed by atoms with Crippen LogP contribution in [0.15, 0.2) is 36.7 Å². The minimum atomic E-state index is 0.189. The number of likely N-dealkylation sites (N-methyl/N-ethyl adjacent to an activating group) is 1. The molecule has 0 saturated heterocycles. The average Bonchev–Trinajstić information content (AvgIpc) is 2.93. The Bertz CT molecular complexity index is 913. The maximum Gasteiger partial charge on any atom is 0.152 e. The lowest BCUT2D eigenvalue weighted by molar-refractivity contribution is -0.119. The lowest BCUT2D eigenvalue weighted by Gasteiger charge is -2.12. The van der Waals surface area contributed by atoms with E-state index in [0.717, 1.165) is 40.1 Å². The zero-order chi connectivity index (χ0) is 18.0. The van der Waals surface area contributed by atoms with Crippen molar-refractivity contribution in [3.05, 3.63) is 48.2 Å². The van der Waals surface area contributed by atoms with Crippen LogP contribution in [0.1, 0.15) is 18.4 Å². The molecule has 25 heavy (non-hydrogen) atoms. The third kappa shape index (κ3) is 3.77. The smallest absolute Gasteiger partial charge is 0.152 e. The molecule has 0 radical (unpaired) electrons. The maximum absolute atomic E-state index is 12.2. The van der Waals surface area contributed by atoms with E-state index in [1.165, 1.54) is 0 Å². The molecule has 3 aromatic rings. The molecule has 2 heterocycles. The van der Waals surface area contributed by atoms with Gasteiger partial charge in [0.25, 0.3) is 0 Å². The SMILES string of the molecule is CCN(C)CC(=O)Cc1cc2cc(-c3cnc(C)n3C)ccc2cn1. The first-order valence-electron chi connectivity index (χ1n) is 8.55. The van der Waals surface area contributed by atoms with Crippen LogP contribution in [0, 0.1) is 6.92 Å². The van der Waals surface area contributed by atoms with Crippen LogP contribution in [0.3, 0.4) is 0 Å². The lowest BCUT2D eigenvalue weighted by Crippen LogP contribution is -2.26. The Morgan fingerprint density at radius 3 is 2.64 bits per heavy atom. The van der Waals surface area contributed by atoms with Gasteiger partial charge in [-0.05, 0) is 38.0 Å². The second-order valence-electron chi connectivity index (χ2n) is 6.53. The molecule has 0 unspecified atom stereocenters. The third-order valence-electron chi connectivity index (χ3n) is 4.66. The quantitative estimate of drug-likeness (QED) is 0.694. The molecular weight excluding hydrogens is 312 g/mol. The molecule has 0 bridgehead atoms. The number of fused-ring (bicyclic) bond motifs is 1. The minimum Gasteiger partial charge on any atom is -0.331 e. The van der Waals surface area contributed by atoms with Crippen molar-refractivity contribution in [2.24, 2.45) is 7.05 Å². The highest BCUT2D eigenvalue weighted by Crippen LogP contribution is 2.25. The molecule has 5 heteroatoms. The molecule has 0 amide bonds. The van der Waals surface area contributed by atoms with Gasteiger partial charge in [0, 0.05) is 29.9 Å². The summed E-state index contributed by atoms with van der Waals surface area (Å²) in [5.41, 5.74) is 3.02. The summed E-state index contributed by atoms with van der Waals surface area (Å²) in [6.07, 6.45) is 4.11. The van der Waals surface area contributed by atoms with E-state index in [0.29, 0.717) is 13.0 Å². The molecule has 5 nitrogen and oxygen atoms in total. The number of pyridine rings is 1. The topological polar surface area (TPSA) is 51.0 Å². The molecular formula is C20H24N4O. The number of carbonyl (C=O) groups excluding carboxylic acids is 1. The molecule has 0 aliphatic carbocycles. The number of carbonyl (C=O) groups is 1. The molecule has 0 N–H and O–H groups in total. The standard InChI is InChI=1S/C20H24N4O/c1-5-23(3)13-19(25)10-18-9-17-8-15(6-7-16(17)11-22-18)20-12-21-14(2)24(20)4/h6-9,11-12H,5,10,13H2,1-4H3. The van der Waals surface area contributed by atoms with Gasteiger partial charge in [0.2, 0.25) is 0 Å². The highest BCUT2D eigenvalue weighted by molar-refractivity contribution is 5.88. The fourth-order valence-electron chi connectivity index (χ4n) is 2.88. The van der Waals surface area contributed by atoms with Crippen LogP contribution in [0.4, 0.5) is 0 Å². The van der Waals surface area contributed by atoms with Gasteiger partial charge in [-0.1, -0.05) is 19.1 Å². The Morgan fingerprint density at radius 2 is 1.96 bits per heavy atom. The van der Waals surface area contributed by atoms with Crippen LogP contribution in [-0.4, -0.2) is 45.4 Å². The van der Waals surface area contributed by atoms with Gasteiger partial charge in [-0.2, -0.15) is 0 Å². The van der Waals surface area contributed by atoms with Gasteiger partial charge in [0.15, 0.2) is 5.78 Å². The first kappa shape index (κ1) is 17.3. The van der Waals surface area contributed by atoms with E-state index < -0.39 is 0 Å². The van der Waals surface area contributed by atoms with Crippen LogP contribution in [0.2, 0.25) is 0 Å². The van der Waals surface area contributed by atoms with E-state index in [2.05, 4.69) is 32.7 Å². The number of ketones is 1. The van der Waals surface area contributed by atoms with Crippen LogP contribution in [0.5, 0.6) is 0 Å². The fourth-order valence-corrected chi connectivity index (χ4v) is 2.88. The summed E-state index contributed by atoms with van der Waals surface area (Å²) in [6.45, 7) is 5.36. The predicted molar refractivity (Wildman–Crippen MR) is 101 cm³/mol. The Balaban J connectivity index is 1.88. The first-order valence-corrected chi connectivity index (χ1v) is 8.55. The van der Waals surface area contributed by atoms with Crippen LogP contribution in [-0.2, 0) is 18.3 Å². The normalized spacial score (nSPS) is 11.4. The van der Waals surface area contributed by atoms with E-state index in [4.69, 9.17) is 0 Å². The zero-order valence-corrected chi connectivity index (χ0v) is 15.3. The van der Waals surface area contributed by atoms with Crippen molar-refractivity contribution in [3.63, 3.8) is 0 Å². The van der Waals surface area contributed by atoms with E-state index in [1.54, 1.807) is 0 Å². The maximum atomic E-state index is 12.2. The second-order valence-corrected chi connectivity index (χ2v) is 6.53. The summed E-state index contributed by atoms with van der Waals surface area (Å²) in [6, 6.07) is 8.31. The monoisotopic (exact) mass is 336 g/mol.